The maximum Gasteiger partial charge on any atom is 0.303 e. The second-order valence-electron chi connectivity index (χ2n) is 7.20. The topological polar surface area (TPSA) is 83.7 Å². The van der Waals surface area contributed by atoms with E-state index in [-0.39, 0.29) is 22.9 Å². The summed E-state index contributed by atoms with van der Waals surface area (Å²) in [6.07, 6.45) is -0.0434. The molecule has 0 aromatic heterocycles. The zero-order chi connectivity index (χ0) is 18.4. The number of anilines is 1. The molecule has 0 aliphatic heterocycles. The summed E-state index contributed by atoms with van der Waals surface area (Å²) in [4.78, 5) is 24.1. The van der Waals surface area contributed by atoms with E-state index in [1.807, 2.05) is 6.07 Å². The van der Waals surface area contributed by atoms with Gasteiger partial charge in [0.05, 0.1) is 11.3 Å². The van der Waals surface area contributed by atoms with Gasteiger partial charge in [-0.3, -0.25) is 14.9 Å². The predicted molar refractivity (Wildman–Crippen MR) is 95.7 cm³/mol. The standard InChI is InChI=1S/C18H28N2O4/c1-12(2)10-19(11-13(3)4)16-7-6-15(9-17(16)20(23)24)14(5)8-18(21)22/h6-7,9,12-14H,8,10-11H2,1-5H3,(H,21,22). The maximum atomic E-state index is 11.6. The van der Waals surface area contributed by atoms with E-state index < -0.39 is 5.97 Å². The van der Waals surface area contributed by atoms with Gasteiger partial charge < -0.3 is 10.0 Å². The fraction of sp³-hybridized carbons (Fsp3) is 0.611. The molecule has 0 aliphatic carbocycles. The first kappa shape index (κ1) is 19.9. The number of nitro benzene ring substituents is 1. The zero-order valence-corrected chi connectivity index (χ0v) is 15.2. The molecule has 0 aliphatic rings. The van der Waals surface area contributed by atoms with Crippen LogP contribution >= 0.6 is 0 Å². The SMILES string of the molecule is CC(C)CN(CC(C)C)c1ccc(C(C)CC(=O)O)cc1[N+](=O)[O-]. The van der Waals surface area contributed by atoms with E-state index in [1.165, 1.54) is 6.07 Å². The zero-order valence-electron chi connectivity index (χ0n) is 15.2. The molecule has 1 rings (SSSR count). The fourth-order valence-corrected chi connectivity index (χ4v) is 2.79. The molecule has 0 bridgehead atoms. The number of benzene rings is 1. The van der Waals surface area contributed by atoms with Crippen molar-refractivity contribution in [1.82, 2.24) is 0 Å². The van der Waals surface area contributed by atoms with Gasteiger partial charge in [0.15, 0.2) is 0 Å². The van der Waals surface area contributed by atoms with Crippen LogP contribution in [0.4, 0.5) is 11.4 Å². The van der Waals surface area contributed by atoms with Crippen LogP contribution in [0, 0.1) is 22.0 Å². The van der Waals surface area contributed by atoms with Gasteiger partial charge in [-0.1, -0.05) is 40.7 Å². The van der Waals surface area contributed by atoms with Crippen LogP contribution in [0.3, 0.4) is 0 Å². The highest BCUT2D eigenvalue weighted by atomic mass is 16.6. The molecule has 0 spiro atoms. The van der Waals surface area contributed by atoms with Crippen molar-refractivity contribution < 1.29 is 14.8 Å². The van der Waals surface area contributed by atoms with Gasteiger partial charge in [-0.2, -0.15) is 0 Å². The molecule has 1 aromatic rings. The van der Waals surface area contributed by atoms with Crippen LogP contribution in [0.5, 0.6) is 0 Å². The maximum absolute atomic E-state index is 11.6. The molecule has 0 amide bonds. The Balaban J connectivity index is 3.25. The molecule has 1 aromatic carbocycles. The summed E-state index contributed by atoms with van der Waals surface area (Å²) in [5, 5.41) is 20.5. The molecule has 0 saturated heterocycles. The second kappa shape index (κ2) is 8.66. The minimum atomic E-state index is -0.907. The summed E-state index contributed by atoms with van der Waals surface area (Å²) < 4.78 is 0. The summed E-state index contributed by atoms with van der Waals surface area (Å²) in [7, 11) is 0. The van der Waals surface area contributed by atoms with Crippen molar-refractivity contribution in [3.63, 3.8) is 0 Å². The summed E-state index contributed by atoms with van der Waals surface area (Å²) in [6.45, 7) is 11.6. The molecular weight excluding hydrogens is 308 g/mol. The van der Waals surface area contributed by atoms with Crippen LogP contribution in [0.2, 0.25) is 0 Å². The molecule has 6 heteroatoms. The Bertz CT molecular complexity index is 574. The Kier molecular flexibility index (Phi) is 7.19. The number of hydrogen-bond acceptors (Lipinski definition) is 4. The van der Waals surface area contributed by atoms with Gasteiger partial charge in [-0.05, 0) is 29.4 Å². The Labute approximate surface area is 143 Å². The third-order valence-electron chi connectivity index (χ3n) is 3.76. The molecule has 0 radical (unpaired) electrons. The fourth-order valence-electron chi connectivity index (χ4n) is 2.79. The number of nitro groups is 1. The quantitative estimate of drug-likeness (QED) is 0.537. The number of aliphatic carboxylic acids is 1. The summed E-state index contributed by atoms with van der Waals surface area (Å²) >= 11 is 0. The van der Waals surface area contributed by atoms with Gasteiger partial charge in [0.2, 0.25) is 0 Å². The van der Waals surface area contributed by atoms with Crippen molar-refractivity contribution >= 4 is 17.3 Å². The van der Waals surface area contributed by atoms with E-state index >= 15 is 0 Å². The highest BCUT2D eigenvalue weighted by Crippen LogP contribution is 2.33. The van der Waals surface area contributed by atoms with Crippen molar-refractivity contribution in [2.45, 2.75) is 47.0 Å². The largest absolute Gasteiger partial charge is 0.481 e. The van der Waals surface area contributed by atoms with Crippen molar-refractivity contribution in [3.05, 3.63) is 33.9 Å². The van der Waals surface area contributed by atoms with Crippen LogP contribution in [0.25, 0.3) is 0 Å². The van der Waals surface area contributed by atoms with Gasteiger partial charge in [0.25, 0.3) is 5.69 Å². The smallest absolute Gasteiger partial charge is 0.303 e. The number of rotatable bonds is 9. The Morgan fingerprint density at radius 2 is 1.71 bits per heavy atom. The molecule has 0 fully saturated rings. The average Bonchev–Trinajstić information content (AvgIpc) is 2.44. The number of nitrogens with zero attached hydrogens (tertiary/aromatic N) is 2. The lowest BCUT2D eigenvalue weighted by Crippen LogP contribution is -2.31. The average molecular weight is 336 g/mol. The van der Waals surface area contributed by atoms with Crippen molar-refractivity contribution in [2.24, 2.45) is 11.8 Å². The first-order valence-corrected chi connectivity index (χ1v) is 8.36. The van der Waals surface area contributed by atoms with Gasteiger partial charge >= 0.3 is 5.97 Å². The number of carboxylic acids is 1. The van der Waals surface area contributed by atoms with Crippen molar-refractivity contribution in [2.75, 3.05) is 18.0 Å². The second-order valence-corrected chi connectivity index (χ2v) is 7.20. The summed E-state index contributed by atoms with van der Waals surface area (Å²) in [6, 6.07) is 5.09. The minimum Gasteiger partial charge on any atom is -0.481 e. The third kappa shape index (κ3) is 5.83. The molecule has 24 heavy (non-hydrogen) atoms. The van der Waals surface area contributed by atoms with E-state index in [9.17, 15) is 14.9 Å². The minimum absolute atomic E-state index is 0.0434. The Hall–Kier alpha value is -2.11. The molecule has 0 saturated carbocycles. The molecular formula is C18H28N2O4. The third-order valence-corrected chi connectivity index (χ3v) is 3.76. The van der Waals surface area contributed by atoms with Gasteiger partial charge in [-0.25, -0.2) is 0 Å². The van der Waals surface area contributed by atoms with E-state index in [4.69, 9.17) is 5.11 Å². The Morgan fingerprint density at radius 3 is 2.12 bits per heavy atom. The van der Waals surface area contributed by atoms with Crippen molar-refractivity contribution in [3.8, 4) is 0 Å². The predicted octanol–water partition coefficient (Wildman–Crippen LogP) is 4.29. The summed E-state index contributed by atoms with van der Waals surface area (Å²) in [5.74, 6) is -0.405. The molecule has 6 nitrogen and oxygen atoms in total. The lowest BCUT2D eigenvalue weighted by molar-refractivity contribution is -0.384. The molecule has 1 N–H and O–H groups in total. The first-order chi connectivity index (χ1) is 11.1. The Morgan fingerprint density at radius 1 is 1.17 bits per heavy atom. The van der Waals surface area contributed by atoms with Crippen LogP contribution in [-0.2, 0) is 4.79 Å². The van der Waals surface area contributed by atoms with Crippen LogP contribution in [-0.4, -0.2) is 29.1 Å². The van der Waals surface area contributed by atoms with E-state index in [2.05, 4.69) is 32.6 Å². The number of hydrogen-bond donors (Lipinski definition) is 1. The monoisotopic (exact) mass is 336 g/mol. The number of carbonyl (C=O) groups is 1. The molecule has 0 heterocycles. The normalized spacial score (nSPS) is 12.5. The highest BCUT2D eigenvalue weighted by Gasteiger charge is 2.23. The van der Waals surface area contributed by atoms with Gasteiger partial charge in [0.1, 0.15) is 5.69 Å². The van der Waals surface area contributed by atoms with Crippen LogP contribution in [0.15, 0.2) is 18.2 Å². The van der Waals surface area contributed by atoms with Gasteiger partial charge in [-0.15, -0.1) is 0 Å². The van der Waals surface area contributed by atoms with Crippen LogP contribution in [0.1, 0.15) is 52.5 Å². The van der Waals surface area contributed by atoms with Gasteiger partial charge in [0, 0.05) is 19.2 Å². The van der Waals surface area contributed by atoms with E-state index in [1.54, 1.807) is 13.0 Å². The molecule has 134 valence electrons. The summed E-state index contributed by atoms with van der Waals surface area (Å²) in [5.41, 5.74) is 1.33. The molecule has 1 unspecified atom stereocenters. The van der Waals surface area contributed by atoms with E-state index in [0.29, 0.717) is 23.1 Å². The van der Waals surface area contributed by atoms with Crippen molar-refractivity contribution in [1.29, 1.82) is 0 Å². The highest BCUT2D eigenvalue weighted by molar-refractivity contribution is 5.69. The lowest BCUT2D eigenvalue weighted by Gasteiger charge is -2.28. The molecule has 1 atom stereocenters. The number of carboxylic acid groups (broad SMARTS) is 1. The van der Waals surface area contributed by atoms with E-state index in [0.717, 1.165) is 13.1 Å². The van der Waals surface area contributed by atoms with Crippen LogP contribution < -0.4 is 4.90 Å². The first-order valence-electron chi connectivity index (χ1n) is 8.36. The lowest BCUT2D eigenvalue weighted by atomic mass is 9.96.